The number of aryl methyl sites for hydroxylation is 2. The minimum atomic E-state index is -0.989. The van der Waals surface area contributed by atoms with Crippen molar-refractivity contribution in [2.75, 3.05) is 0 Å². The lowest BCUT2D eigenvalue weighted by Gasteiger charge is -2.29. The summed E-state index contributed by atoms with van der Waals surface area (Å²) in [6, 6.07) is 8.12. The maximum Gasteiger partial charge on any atom is 0.146 e. The van der Waals surface area contributed by atoms with Gasteiger partial charge in [-0.15, -0.1) is 0 Å². The summed E-state index contributed by atoms with van der Waals surface area (Å²) < 4.78 is 16.4. The highest BCUT2D eigenvalue weighted by molar-refractivity contribution is 5.65. The number of halogens is 1. The predicted octanol–water partition coefficient (Wildman–Crippen LogP) is 5.19. The molecule has 25 heavy (non-hydrogen) atoms. The molecule has 4 heteroatoms. The Morgan fingerprint density at radius 2 is 1.76 bits per heavy atom. The van der Waals surface area contributed by atoms with Crippen LogP contribution in [0, 0.1) is 13.8 Å². The van der Waals surface area contributed by atoms with E-state index in [9.17, 15) is 4.39 Å². The summed E-state index contributed by atoms with van der Waals surface area (Å²) in [6.07, 6.45) is 6.25. The van der Waals surface area contributed by atoms with E-state index in [1.807, 2.05) is 32.2 Å². The first-order valence-electron chi connectivity index (χ1n) is 8.53. The number of hydrogen-bond acceptors (Lipinski definition) is 2. The van der Waals surface area contributed by atoms with Crippen LogP contribution in [0.5, 0.6) is 0 Å². The highest BCUT2D eigenvalue weighted by Gasteiger charge is 2.31. The number of aromatic nitrogens is 3. The van der Waals surface area contributed by atoms with Crippen molar-refractivity contribution in [3.8, 4) is 17.1 Å². The largest absolute Gasteiger partial charge is 0.299 e. The Kier molecular flexibility index (Phi) is 4.46. The van der Waals surface area contributed by atoms with Crippen molar-refractivity contribution in [1.82, 2.24) is 14.5 Å². The Bertz CT molecular complexity index is 873. The van der Waals surface area contributed by atoms with Gasteiger partial charge in [-0.05, 0) is 43.5 Å². The van der Waals surface area contributed by atoms with E-state index in [2.05, 4.69) is 40.5 Å². The molecule has 0 aliphatic rings. The van der Waals surface area contributed by atoms with Crippen molar-refractivity contribution in [3.05, 3.63) is 65.7 Å². The summed E-state index contributed by atoms with van der Waals surface area (Å²) in [6.45, 7) is 9.61. The third kappa shape index (κ3) is 2.97. The molecule has 3 rings (SSSR count). The van der Waals surface area contributed by atoms with E-state index in [4.69, 9.17) is 0 Å². The molecule has 3 aromatic rings. The van der Waals surface area contributed by atoms with Crippen LogP contribution in [0.4, 0.5) is 4.39 Å². The summed E-state index contributed by atoms with van der Waals surface area (Å²) >= 11 is 0. The van der Waals surface area contributed by atoms with Crippen molar-refractivity contribution in [2.45, 2.75) is 46.2 Å². The number of benzene rings is 1. The quantitative estimate of drug-likeness (QED) is 0.656. The first-order valence-corrected chi connectivity index (χ1v) is 8.53. The second-order valence-corrected chi connectivity index (χ2v) is 7.12. The maximum absolute atomic E-state index is 14.3. The zero-order valence-electron chi connectivity index (χ0n) is 15.4. The first-order chi connectivity index (χ1) is 11.8. The molecule has 0 bridgehead atoms. The van der Waals surface area contributed by atoms with Gasteiger partial charge in [0.05, 0.1) is 5.69 Å². The number of alkyl halides is 1. The van der Waals surface area contributed by atoms with Gasteiger partial charge in [0.1, 0.15) is 12.0 Å². The Labute approximate surface area is 148 Å². The molecule has 2 heterocycles. The molecule has 3 nitrogen and oxygen atoms in total. The van der Waals surface area contributed by atoms with E-state index in [-0.39, 0.29) is 0 Å². The number of rotatable bonds is 4. The van der Waals surface area contributed by atoms with Gasteiger partial charge in [0.15, 0.2) is 0 Å². The molecule has 1 atom stereocenters. The summed E-state index contributed by atoms with van der Waals surface area (Å²) in [5.74, 6) is 0.786. The van der Waals surface area contributed by atoms with Gasteiger partial charge in [-0.3, -0.25) is 9.55 Å². The van der Waals surface area contributed by atoms with Gasteiger partial charge in [0, 0.05) is 35.8 Å². The SMILES string of the molecule is Cc1cccc(C)c1-n1ccnc1-c1cnccc1C(C)(C)[C@H](C)F. The lowest BCUT2D eigenvalue weighted by atomic mass is 9.79. The summed E-state index contributed by atoms with van der Waals surface area (Å²) in [4.78, 5) is 8.86. The predicted molar refractivity (Wildman–Crippen MR) is 99.9 cm³/mol. The summed E-state index contributed by atoms with van der Waals surface area (Å²) in [5.41, 5.74) is 4.60. The van der Waals surface area contributed by atoms with Gasteiger partial charge >= 0.3 is 0 Å². The van der Waals surface area contributed by atoms with Crippen LogP contribution in [-0.4, -0.2) is 20.7 Å². The second-order valence-electron chi connectivity index (χ2n) is 7.12. The lowest BCUT2D eigenvalue weighted by Crippen LogP contribution is -2.28. The zero-order chi connectivity index (χ0) is 18.2. The average molecular weight is 337 g/mol. The van der Waals surface area contributed by atoms with Crippen molar-refractivity contribution in [1.29, 1.82) is 0 Å². The fourth-order valence-corrected chi connectivity index (χ4v) is 3.22. The number of para-hydroxylation sites is 1. The van der Waals surface area contributed by atoms with E-state index < -0.39 is 11.6 Å². The second kappa shape index (κ2) is 6.43. The zero-order valence-corrected chi connectivity index (χ0v) is 15.4. The van der Waals surface area contributed by atoms with Crippen LogP contribution in [0.3, 0.4) is 0 Å². The van der Waals surface area contributed by atoms with Crippen molar-refractivity contribution >= 4 is 0 Å². The molecule has 2 aromatic heterocycles. The smallest absolute Gasteiger partial charge is 0.146 e. The highest BCUT2D eigenvalue weighted by Crippen LogP contribution is 2.36. The Hall–Kier alpha value is -2.49. The van der Waals surface area contributed by atoms with Crippen LogP contribution in [-0.2, 0) is 5.41 Å². The van der Waals surface area contributed by atoms with Gasteiger partial charge in [0.25, 0.3) is 0 Å². The number of nitrogens with zero attached hydrogens (tertiary/aromatic N) is 3. The van der Waals surface area contributed by atoms with Crippen LogP contribution in [0.1, 0.15) is 37.5 Å². The monoisotopic (exact) mass is 337 g/mol. The first kappa shape index (κ1) is 17.3. The molecule has 0 aliphatic heterocycles. The van der Waals surface area contributed by atoms with Crippen LogP contribution >= 0.6 is 0 Å². The third-order valence-corrected chi connectivity index (χ3v) is 5.07. The van der Waals surface area contributed by atoms with Gasteiger partial charge < -0.3 is 0 Å². The van der Waals surface area contributed by atoms with E-state index in [0.29, 0.717) is 0 Å². The minimum absolute atomic E-state index is 0.629. The number of imidazole rings is 1. The molecule has 0 saturated carbocycles. The van der Waals surface area contributed by atoms with Crippen LogP contribution in [0.25, 0.3) is 17.1 Å². The Morgan fingerprint density at radius 3 is 2.40 bits per heavy atom. The van der Waals surface area contributed by atoms with Gasteiger partial charge in [-0.2, -0.15) is 0 Å². The minimum Gasteiger partial charge on any atom is -0.299 e. The molecular formula is C21H24FN3. The van der Waals surface area contributed by atoms with E-state index in [1.165, 1.54) is 11.1 Å². The van der Waals surface area contributed by atoms with E-state index in [1.54, 1.807) is 25.5 Å². The molecule has 0 saturated heterocycles. The van der Waals surface area contributed by atoms with Crippen LogP contribution in [0.15, 0.2) is 49.1 Å². The van der Waals surface area contributed by atoms with Crippen molar-refractivity contribution < 1.29 is 4.39 Å². The third-order valence-electron chi connectivity index (χ3n) is 5.07. The van der Waals surface area contributed by atoms with Crippen LogP contribution < -0.4 is 0 Å². The highest BCUT2D eigenvalue weighted by atomic mass is 19.1. The molecule has 0 aliphatic carbocycles. The number of hydrogen-bond donors (Lipinski definition) is 0. The molecule has 0 fully saturated rings. The lowest BCUT2D eigenvalue weighted by molar-refractivity contribution is 0.237. The summed E-state index contributed by atoms with van der Waals surface area (Å²) in [5, 5.41) is 0. The van der Waals surface area contributed by atoms with Crippen LogP contribution in [0.2, 0.25) is 0 Å². The van der Waals surface area contributed by atoms with Gasteiger partial charge in [-0.1, -0.05) is 32.0 Å². The van der Waals surface area contributed by atoms with Gasteiger partial charge in [-0.25, -0.2) is 9.37 Å². The maximum atomic E-state index is 14.3. The Balaban J connectivity index is 2.24. The molecular weight excluding hydrogens is 313 g/mol. The molecule has 0 spiro atoms. The van der Waals surface area contributed by atoms with Crippen molar-refractivity contribution in [3.63, 3.8) is 0 Å². The average Bonchev–Trinajstić information content (AvgIpc) is 3.03. The molecule has 130 valence electrons. The van der Waals surface area contributed by atoms with Crippen molar-refractivity contribution in [2.24, 2.45) is 0 Å². The van der Waals surface area contributed by atoms with E-state index in [0.717, 1.165) is 22.6 Å². The Morgan fingerprint density at radius 1 is 1.08 bits per heavy atom. The number of pyridine rings is 1. The molecule has 0 radical (unpaired) electrons. The fourth-order valence-electron chi connectivity index (χ4n) is 3.22. The van der Waals surface area contributed by atoms with Gasteiger partial charge in [0.2, 0.25) is 0 Å². The molecule has 1 aromatic carbocycles. The standard InChI is InChI=1S/C21H24FN3/c1-14-7-6-8-15(2)19(14)25-12-11-24-20(25)17-13-23-10-9-18(17)21(4,5)16(3)22/h6-13,16H,1-5H3/t16-/m0/s1. The summed E-state index contributed by atoms with van der Waals surface area (Å²) in [7, 11) is 0. The normalized spacial score (nSPS) is 13.0. The topological polar surface area (TPSA) is 30.7 Å². The van der Waals surface area contributed by atoms with E-state index >= 15 is 0 Å². The molecule has 0 unspecified atom stereocenters. The fraction of sp³-hybridized carbons (Fsp3) is 0.333. The molecule has 0 amide bonds. The molecule has 0 N–H and O–H groups in total.